The fourth-order valence-corrected chi connectivity index (χ4v) is 2.31. The Hall–Kier alpha value is -1.61. The molecule has 0 unspecified atom stereocenters. The number of aliphatic carboxylic acids is 1. The van der Waals surface area contributed by atoms with Crippen LogP contribution < -0.4 is 4.72 Å². The van der Waals surface area contributed by atoms with Crippen molar-refractivity contribution in [2.24, 2.45) is 0 Å². The van der Waals surface area contributed by atoms with Crippen LogP contribution in [0, 0.1) is 17.5 Å². The summed E-state index contributed by atoms with van der Waals surface area (Å²) in [6, 6.07) is 0.690. The fraction of sp³-hybridized carbons (Fsp3) is 0.300. The highest BCUT2D eigenvalue weighted by Gasteiger charge is 2.19. The molecule has 0 radical (unpaired) electrons. The number of halogens is 3. The predicted octanol–water partition coefficient (Wildman–Crippen LogP) is 1.25. The van der Waals surface area contributed by atoms with E-state index in [9.17, 15) is 26.4 Å². The van der Waals surface area contributed by atoms with Crippen LogP contribution in [-0.4, -0.2) is 26.0 Å². The van der Waals surface area contributed by atoms with E-state index in [1.807, 2.05) is 4.72 Å². The summed E-state index contributed by atoms with van der Waals surface area (Å²) in [5, 5.41) is 8.35. The van der Waals surface area contributed by atoms with Crippen molar-refractivity contribution in [2.75, 3.05) is 6.54 Å². The number of carbonyl (C=O) groups is 1. The first kappa shape index (κ1) is 15.4. The first-order valence-corrected chi connectivity index (χ1v) is 6.58. The lowest BCUT2D eigenvalue weighted by Gasteiger charge is -2.07. The molecule has 1 aromatic carbocycles. The zero-order chi connectivity index (χ0) is 14.6. The van der Waals surface area contributed by atoms with Gasteiger partial charge in [-0.1, -0.05) is 0 Å². The van der Waals surface area contributed by atoms with Gasteiger partial charge in [-0.05, 0) is 18.6 Å². The van der Waals surface area contributed by atoms with Gasteiger partial charge in [-0.15, -0.1) is 0 Å². The van der Waals surface area contributed by atoms with Crippen LogP contribution in [-0.2, 0) is 14.8 Å². The van der Waals surface area contributed by atoms with Gasteiger partial charge in [0, 0.05) is 13.0 Å². The lowest BCUT2D eigenvalue weighted by Crippen LogP contribution is -2.25. The number of benzene rings is 1. The number of rotatable bonds is 6. The molecule has 0 aliphatic rings. The molecule has 0 aromatic heterocycles. The number of hydrogen-bond acceptors (Lipinski definition) is 3. The van der Waals surface area contributed by atoms with Crippen LogP contribution in [0.25, 0.3) is 0 Å². The molecule has 106 valence electrons. The van der Waals surface area contributed by atoms with E-state index < -0.39 is 38.3 Å². The molecule has 0 fully saturated rings. The summed E-state index contributed by atoms with van der Waals surface area (Å²) >= 11 is 0. The second kappa shape index (κ2) is 6.02. The average Bonchev–Trinajstić information content (AvgIpc) is 2.31. The van der Waals surface area contributed by atoms with Crippen molar-refractivity contribution in [1.82, 2.24) is 4.72 Å². The average molecular weight is 297 g/mol. The Labute approximate surface area is 107 Å². The number of nitrogens with one attached hydrogen (secondary N) is 1. The highest BCUT2D eigenvalue weighted by atomic mass is 32.2. The smallest absolute Gasteiger partial charge is 0.303 e. The standard InChI is InChI=1S/C10H10F3NO4S/c11-7-4-6(5-8(12)10(7)13)19(17,18)14-3-1-2-9(15)16/h4-5,14H,1-3H2,(H,15,16). The largest absolute Gasteiger partial charge is 0.481 e. The molecular formula is C10H10F3NO4S. The van der Waals surface area contributed by atoms with E-state index in [0.717, 1.165) is 0 Å². The van der Waals surface area contributed by atoms with Crippen molar-refractivity contribution >= 4 is 16.0 Å². The Bertz CT molecular complexity index is 565. The zero-order valence-corrected chi connectivity index (χ0v) is 10.3. The Balaban J connectivity index is 2.80. The van der Waals surface area contributed by atoms with Crippen molar-refractivity contribution in [3.63, 3.8) is 0 Å². The normalized spacial score (nSPS) is 11.5. The minimum Gasteiger partial charge on any atom is -0.481 e. The highest BCUT2D eigenvalue weighted by Crippen LogP contribution is 2.17. The van der Waals surface area contributed by atoms with Crippen LogP contribution in [0.4, 0.5) is 13.2 Å². The molecule has 0 aliphatic carbocycles. The fourth-order valence-electron chi connectivity index (χ4n) is 1.22. The Morgan fingerprint density at radius 2 is 1.74 bits per heavy atom. The Morgan fingerprint density at radius 1 is 1.21 bits per heavy atom. The van der Waals surface area contributed by atoms with Gasteiger partial charge in [-0.2, -0.15) is 0 Å². The Kier molecular flexibility index (Phi) is 4.90. The molecule has 0 aliphatic heterocycles. The van der Waals surface area contributed by atoms with Crippen LogP contribution >= 0.6 is 0 Å². The lowest BCUT2D eigenvalue weighted by atomic mass is 10.3. The molecule has 0 saturated carbocycles. The van der Waals surface area contributed by atoms with Crippen molar-refractivity contribution in [2.45, 2.75) is 17.7 Å². The molecule has 0 bridgehead atoms. The molecule has 0 heterocycles. The quantitative estimate of drug-likeness (QED) is 0.611. The molecule has 1 aromatic rings. The van der Waals surface area contributed by atoms with Gasteiger partial charge in [0.1, 0.15) is 0 Å². The summed E-state index contributed by atoms with van der Waals surface area (Å²) in [6.45, 7) is -0.213. The number of sulfonamides is 1. The highest BCUT2D eigenvalue weighted by molar-refractivity contribution is 7.89. The molecule has 19 heavy (non-hydrogen) atoms. The van der Waals surface area contributed by atoms with E-state index in [0.29, 0.717) is 12.1 Å². The van der Waals surface area contributed by atoms with Crippen LogP contribution in [0.2, 0.25) is 0 Å². The van der Waals surface area contributed by atoms with Gasteiger partial charge < -0.3 is 5.11 Å². The van der Waals surface area contributed by atoms with Gasteiger partial charge in [0.25, 0.3) is 0 Å². The summed E-state index contributed by atoms with van der Waals surface area (Å²) in [5.74, 6) is -6.10. The van der Waals surface area contributed by atoms with Crippen LogP contribution in [0.1, 0.15) is 12.8 Å². The van der Waals surface area contributed by atoms with Gasteiger partial charge in [-0.3, -0.25) is 4.79 Å². The predicted molar refractivity (Wildman–Crippen MR) is 58.4 cm³/mol. The van der Waals surface area contributed by atoms with E-state index in [4.69, 9.17) is 5.11 Å². The summed E-state index contributed by atoms with van der Waals surface area (Å²) < 4.78 is 63.5. The van der Waals surface area contributed by atoms with Crippen LogP contribution in [0.15, 0.2) is 17.0 Å². The third-order valence-electron chi connectivity index (χ3n) is 2.13. The number of carboxylic acid groups (broad SMARTS) is 1. The van der Waals surface area contributed by atoms with E-state index in [-0.39, 0.29) is 19.4 Å². The maximum absolute atomic E-state index is 12.9. The van der Waals surface area contributed by atoms with Gasteiger partial charge in [-0.25, -0.2) is 26.3 Å². The molecule has 0 spiro atoms. The number of hydrogen-bond donors (Lipinski definition) is 2. The third kappa shape index (κ3) is 4.21. The van der Waals surface area contributed by atoms with Gasteiger partial charge in [0.05, 0.1) is 4.90 Å². The first-order valence-electron chi connectivity index (χ1n) is 5.10. The SMILES string of the molecule is O=C(O)CCCNS(=O)(=O)c1cc(F)c(F)c(F)c1. The molecule has 1 rings (SSSR count). The molecule has 0 saturated heterocycles. The molecule has 9 heteroatoms. The number of carboxylic acids is 1. The minimum absolute atomic E-state index is 0.0146. The molecule has 2 N–H and O–H groups in total. The molecule has 0 atom stereocenters. The summed E-state index contributed by atoms with van der Waals surface area (Å²) in [7, 11) is -4.21. The monoisotopic (exact) mass is 297 g/mol. The third-order valence-corrected chi connectivity index (χ3v) is 3.57. The lowest BCUT2D eigenvalue weighted by molar-refractivity contribution is -0.137. The molecule has 5 nitrogen and oxygen atoms in total. The summed E-state index contributed by atoms with van der Waals surface area (Å²) in [4.78, 5) is 9.44. The van der Waals surface area contributed by atoms with E-state index in [2.05, 4.69) is 0 Å². The van der Waals surface area contributed by atoms with Crippen molar-refractivity contribution < 1.29 is 31.5 Å². The van der Waals surface area contributed by atoms with Crippen LogP contribution in [0.5, 0.6) is 0 Å². The second-order valence-corrected chi connectivity index (χ2v) is 5.36. The van der Waals surface area contributed by atoms with Crippen molar-refractivity contribution in [3.05, 3.63) is 29.6 Å². The van der Waals surface area contributed by atoms with E-state index in [1.165, 1.54) is 0 Å². The Morgan fingerprint density at radius 3 is 2.21 bits per heavy atom. The molecule has 0 amide bonds. The minimum atomic E-state index is -4.21. The topological polar surface area (TPSA) is 83.5 Å². The molecular weight excluding hydrogens is 287 g/mol. The first-order chi connectivity index (χ1) is 8.74. The van der Waals surface area contributed by atoms with Gasteiger partial charge in [0.15, 0.2) is 17.5 Å². The van der Waals surface area contributed by atoms with Crippen LogP contribution in [0.3, 0.4) is 0 Å². The van der Waals surface area contributed by atoms with Crippen molar-refractivity contribution in [1.29, 1.82) is 0 Å². The summed E-state index contributed by atoms with van der Waals surface area (Å²) in [6.07, 6.45) is -0.241. The second-order valence-electron chi connectivity index (χ2n) is 3.60. The maximum Gasteiger partial charge on any atom is 0.303 e. The van der Waals surface area contributed by atoms with E-state index >= 15 is 0 Å². The maximum atomic E-state index is 12.9. The van der Waals surface area contributed by atoms with E-state index in [1.54, 1.807) is 0 Å². The van der Waals surface area contributed by atoms with Crippen molar-refractivity contribution in [3.8, 4) is 0 Å². The summed E-state index contributed by atoms with van der Waals surface area (Å²) in [5.41, 5.74) is 0. The van der Waals surface area contributed by atoms with Gasteiger partial charge in [0.2, 0.25) is 10.0 Å². The zero-order valence-electron chi connectivity index (χ0n) is 9.49. The van der Waals surface area contributed by atoms with Gasteiger partial charge >= 0.3 is 5.97 Å².